The minimum absolute atomic E-state index is 0.00887. The number of nitro groups is 1. The molecule has 2 heterocycles. The lowest BCUT2D eigenvalue weighted by Crippen LogP contribution is -2.57. The number of piperazine rings is 1. The molecule has 2 aliphatic rings. The Morgan fingerprint density at radius 3 is 2.41 bits per heavy atom. The van der Waals surface area contributed by atoms with Crippen LogP contribution in [-0.2, 0) is 0 Å². The van der Waals surface area contributed by atoms with Gasteiger partial charge in [-0.25, -0.2) is 4.90 Å². The second-order valence-electron chi connectivity index (χ2n) is 7.26. The zero-order valence-corrected chi connectivity index (χ0v) is 17.7. The van der Waals surface area contributed by atoms with Gasteiger partial charge in [-0.3, -0.25) is 10.1 Å². The van der Waals surface area contributed by atoms with E-state index in [1.165, 1.54) is 31.4 Å². The van der Waals surface area contributed by atoms with E-state index in [2.05, 4.69) is 0 Å². The normalized spacial score (nSPS) is 18.8. The van der Waals surface area contributed by atoms with Crippen molar-refractivity contribution in [2.24, 2.45) is 0 Å². The first-order chi connectivity index (χ1) is 15.3. The van der Waals surface area contributed by atoms with Gasteiger partial charge in [0.25, 0.3) is 11.4 Å². The van der Waals surface area contributed by atoms with Gasteiger partial charge in [0.2, 0.25) is 0 Å². The number of nitriles is 1. The highest BCUT2D eigenvalue weighted by atomic mass is 35.5. The van der Waals surface area contributed by atoms with E-state index in [1.807, 2.05) is 11.0 Å². The average molecular weight is 458 g/mol. The topological polar surface area (TPSA) is 129 Å². The minimum atomic E-state index is -1.09. The summed E-state index contributed by atoms with van der Waals surface area (Å²) >= 11 is 6.10. The second-order valence-corrected chi connectivity index (χ2v) is 7.67. The Balaban J connectivity index is 1.58. The largest absolute Gasteiger partial charge is 0.617 e. The van der Waals surface area contributed by atoms with E-state index in [-0.39, 0.29) is 33.5 Å². The molecule has 1 saturated heterocycles. The molecular weight excluding hydrogens is 440 g/mol. The number of benzene rings is 2. The molecule has 2 aromatic carbocycles. The van der Waals surface area contributed by atoms with Crippen molar-refractivity contribution in [1.82, 2.24) is 4.90 Å². The molecule has 0 aliphatic carbocycles. The van der Waals surface area contributed by atoms with Gasteiger partial charge in [-0.1, -0.05) is 11.6 Å². The molecule has 1 unspecified atom stereocenters. The van der Waals surface area contributed by atoms with E-state index in [9.17, 15) is 25.5 Å². The molecule has 0 bridgehead atoms. The molecule has 2 aliphatic heterocycles. The zero-order valence-electron chi connectivity index (χ0n) is 17.0. The van der Waals surface area contributed by atoms with Crippen molar-refractivity contribution in [3.05, 3.63) is 61.6 Å². The molecule has 0 amide bonds. The van der Waals surface area contributed by atoms with Crippen molar-refractivity contribution in [3.63, 3.8) is 0 Å². The maximum absolute atomic E-state index is 13.2. The first-order valence-corrected chi connectivity index (χ1v) is 10.0. The lowest BCUT2D eigenvalue weighted by molar-refractivity contribution is -0.544. The quantitative estimate of drug-likeness (QED) is 0.296. The van der Waals surface area contributed by atoms with E-state index in [1.54, 1.807) is 17.0 Å². The number of fused-ring (bicyclic) bond motifs is 1. The standard InChI is InChI=1S/C20H18ClN6O5/c1-32-19-11-17-16(10-15(19)21)25(28)18(12-22)20(26(17)29)24-8-6-23(7-9-24)13-2-4-14(5-3-13)27(30)31/h2-5,10-11,20H,6-9H2,1H3/q+1. The van der Waals surface area contributed by atoms with Crippen molar-refractivity contribution in [2.75, 3.05) is 38.2 Å². The van der Waals surface area contributed by atoms with Crippen LogP contribution in [0.25, 0.3) is 0 Å². The fourth-order valence-corrected chi connectivity index (χ4v) is 4.17. The Labute approximate surface area is 187 Å². The molecule has 4 rings (SSSR count). The summed E-state index contributed by atoms with van der Waals surface area (Å²) in [7, 11) is 1.41. The number of nitro benzene ring substituents is 1. The van der Waals surface area contributed by atoms with Gasteiger partial charge >= 0.3 is 17.6 Å². The monoisotopic (exact) mass is 457 g/mol. The summed E-state index contributed by atoms with van der Waals surface area (Å²) in [6, 6.07) is 10.8. The number of nitroso groups, excluding NO2 is 1. The van der Waals surface area contributed by atoms with Crippen molar-refractivity contribution >= 4 is 40.1 Å². The van der Waals surface area contributed by atoms with Gasteiger partial charge in [-0.2, -0.15) is 5.26 Å². The highest BCUT2D eigenvalue weighted by molar-refractivity contribution is 6.32. The Bertz CT molecular complexity index is 1170. The molecule has 12 heteroatoms. The summed E-state index contributed by atoms with van der Waals surface area (Å²) in [5.41, 5.74) is 0.649. The maximum Gasteiger partial charge on any atom is 0.361 e. The van der Waals surface area contributed by atoms with Crippen LogP contribution < -0.4 is 9.64 Å². The number of rotatable bonds is 4. The lowest BCUT2D eigenvalue weighted by atomic mass is 10.1. The number of halogens is 1. The van der Waals surface area contributed by atoms with Crippen LogP contribution in [0, 0.1) is 31.6 Å². The van der Waals surface area contributed by atoms with Crippen LogP contribution in [0.2, 0.25) is 5.02 Å². The lowest BCUT2D eigenvalue weighted by Gasteiger charge is -2.36. The summed E-state index contributed by atoms with van der Waals surface area (Å²) in [5.74, 6) is 0.252. The van der Waals surface area contributed by atoms with E-state index < -0.39 is 11.1 Å². The molecule has 0 radical (unpaired) electrons. The third kappa shape index (κ3) is 3.59. The molecule has 0 spiro atoms. The molecule has 11 nitrogen and oxygen atoms in total. The fraction of sp³-hybridized carbons (Fsp3) is 0.300. The highest BCUT2D eigenvalue weighted by Gasteiger charge is 2.51. The minimum Gasteiger partial charge on any atom is -0.617 e. The van der Waals surface area contributed by atoms with Crippen LogP contribution in [-0.4, -0.2) is 64.5 Å². The molecule has 32 heavy (non-hydrogen) atoms. The SMILES string of the molecule is COc1cc2c(cc1Cl)[N+]([O-])=C(C#N)C(N1CCN(c3ccc([N+](=O)[O-])cc3)CC1)[N+]2=O. The van der Waals surface area contributed by atoms with Gasteiger partial charge in [-0.15, -0.1) is 4.74 Å². The van der Waals surface area contributed by atoms with E-state index in [0.717, 1.165) is 5.69 Å². The zero-order chi connectivity index (χ0) is 23.0. The predicted molar refractivity (Wildman–Crippen MR) is 116 cm³/mol. The van der Waals surface area contributed by atoms with E-state index in [0.29, 0.717) is 35.7 Å². The van der Waals surface area contributed by atoms with Gasteiger partial charge < -0.3 is 14.8 Å². The average Bonchev–Trinajstić information content (AvgIpc) is 2.81. The number of methoxy groups -OCH3 is 1. The van der Waals surface area contributed by atoms with Gasteiger partial charge in [0.15, 0.2) is 6.07 Å². The molecule has 0 saturated carbocycles. The Kier molecular flexibility index (Phi) is 5.65. The number of hydrogen-bond acceptors (Lipinski definition) is 8. The molecule has 164 valence electrons. The summed E-state index contributed by atoms with van der Waals surface area (Å²) in [6.45, 7) is 1.83. The van der Waals surface area contributed by atoms with E-state index in [4.69, 9.17) is 16.3 Å². The third-order valence-corrected chi connectivity index (χ3v) is 5.89. The van der Waals surface area contributed by atoms with Crippen LogP contribution >= 0.6 is 11.6 Å². The van der Waals surface area contributed by atoms with Gasteiger partial charge in [0, 0.05) is 55.0 Å². The van der Waals surface area contributed by atoms with Crippen molar-refractivity contribution in [2.45, 2.75) is 6.17 Å². The Morgan fingerprint density at radius 2 is 1.84 bits per heavy atom. The molecule has 1 fully saturated rings. The number of nitrogens with zero attached hydrogens (tertiary/aromatic N) is 6. The smallest absolute Gasteiger partial charge is 0.361 e. The molecule has 1 atom stereocenters. The van der Waals surface area contributed by atoms with Crippen molar-refractivity contribution in [1.29, 1.82) is 5.26 Å². The summed E-state index contributed by atoms with van der Waals surface area (Å²) in [4.78, 5) is 27.4. The maximum atomic E-state index is 13.2. The fourth-order valence-electron chi connectivity index (χ4n) is 3.94. The van der Waals surface area contributed by atoms with Gasteiger partial charge in [-0.05, 0) is 12.1 Å². The summed E-state index contributed by atoms with van der Waals surface area (Å²) in [5, 5.41) is 33.5. The first kappa shape index (κ1) is 21.5. The third-order valence-electron chi connectivity index (χ3n) is 5.59. The van der Waals surface area contributed by atoms with Crippen LogP contribution in [0.4, 0.5) is 22.7 Å². The van der Waals surface area contributed by atoms with Crippen molar-refractivity contribution < 1.29 is 19.2 Å². The number of hydrogen-bond donors (Lipinski definition) is 0. The molecule has 0 aromatic heterocycles. The summed E-state index contributed by atoms with van der Waals surface area (Å²) < 4.78 is 6.25. The van der Waals surface area contributed by atoms with Crippen LogP contribution in [0.3, 0.4) is 0 Å². The Hall–Kier alpha value is -3.75. The predicted octanol–water partition coefficient (Wildman–Crippen LogP) is 2.94. The Morgan fingerprint density at radius 1 is 1.19 bits per heavy atom. The number of anilines is 1. The molecular formula is C20H18ClN6O5+. The van der Waals surface area contributed by atoms with Crippen LogP contribution in [0.1, 0.15) is 0 Å². The van der Waals surface area contributed by atoms with Crippen LogP contribution in [0.15, 0.2) is 36.4 Å². The summed E-state index contributed by atoms with van der Waals surface area (Å²) in [6.07, 6.45) is -1.09. The first-order valence-electron chi connectivity index (χ1n) is 9.67. The van der Waals surface area contributed by atoms with Crippen LogP contribution in [0.5, 0.6) is 5.75 Å². The van der Waals surface area contributed by atoms with E-state index >= 15 is 0 Å². The van der Waals surface area contributed by atoms with Crippen molar-refractivity contribution in [3.8, 4) is 11.8 Å². The number of non-ortho nitro benzene ring substituents is 1. The highest BCUT2D eigenvalue weighted by Crippen LogP contribution is 2.40. The van der Waals surface area contributed by atoms with Gasteiger partial charge in [0.1, 0.15) is 5.75 Å². The second kappa shape index (κ2) is 8.41. The number of ether oxygens (including phenoxy) is 1. The van der Waals surface area contributed by atoms with Gasteiger partial charge in [0.05, 0.1) is 27.9 Å². The molecule has 2 aromatic rings. The molecule has 0 N–H and O–H groups in total.